The minimum atomic E-state index is -1.59. The summed E-state index contributed by atoms with van der Waals surface area (Å²) >= 11 is 0. The lowest BCUT2D eigenvalue weighted by molar-refractivity contribution is -0.325. The molecular formula is C24H28O7. The second-order valence-corrected chi connectivity index (χ2v) is 7.40. The summed E-state index contributed by atoms with van der Waals surface area (Å²) in [5.41, 5.74) is 1.28. The van der Waals surface area contributed by atoms with Crippen LogP contribution >= 0.6 is 0 Å². The maximum absolute atomic E-state index is 11.8. The molecule has 166 valence electrons. The van der Waals surface area contributed by atoms with Gasteiger partial charge in [0.15, 0.2) is 11.9 Å². The van der Waals surface area contributed by atoms with Gasteiger partial charge in [-0.25, -0.2) is 0 Å². The van der Waals surface area contributed by atoms with Crippen LogP contribution in [0.4, 0.5) is 0 Å². The van der Waals surface area contributed by atoms with E-state index in [9.17, 15) is 5.11 Å². The highest BCUT2D eigenvalue weighted by Crippen LogP contribution is 2.59. The van der Waals surface area contributed by atoms with Crippen molar-refractivity contribution in [1.82, 2.24) is 0 Å². The summed E-state index contributed by atoms with van der Waals surface area (Å²) < 4.78 is 34.1. The highest BCUT2D eigenvalue weighted by Gasteiger charge is 2.65. The van der Waals surface area contributed by atoms with Crippen LogP contribution in [0.1, 0.15) is 35.0 Å². The molecule has 0 spiro atoms. The number of benzene rings is 2. The van der Waals surface area contributed by atoms with Crippen LogP contribution in [-0.2, 0) is 30.3 Å². The van der Waals surface area contributed by atoms with Gasteiger partial charge >= 0.3 is 0 Å². The fraction of sp³-hybridized carbons (Fsp3) is 0.417. The molecule has 1 heterocycles. The van der Waals surface area contributed by atoms with Crippen molar-refractivity contribution in [2.24, 2.45) is 0 Å². The first-order chi connectivity index (χ1) is 15.1. The van der Waals surface area contributed by atoms with E-state index in [1.54, 1.807) is 32.4 Å². The lowest BCUT2D eigenvalue weighted by Crippen LogP contribution is -2.60. The van der Waals surface area contributed by atoms with E-state index in [-0.39, 0.29) is 0 Å². The molecule has 1 atom stereocenters. The van der Waals surface area contributed by atoms with Crippen molar-refractivity contribution in [1.29, 1.82) is 0 Å². The molecule has 1 aliphatic carbocycles. The molecule has 1 unspecified atom stereocenters. The lowest BCUT2D eigenvalue weighted by Gasteiger charge is -2.53. The van der Waals surface area contributed by atoms with Gasteiger partial charge in [0.1, 0.15) is 11.5 Å². The summed E-state index contributed by atoms with van der Waals surface area (Å²) in [6.45, 7) is 1.24. The van der Waals surface area contributed by atoms with Crippen molar-refractivity contribution in [3.8, 4) is 11.5 Å². The maximum Gasteiger partial charge on any atom is 0.233 e. The summed E-state index contributed by atoms with van der Waals surface area (Å²) in [5.74, 6) is -0.184. The van der Waals surface area contributed by atoms with Gasteiger partial charge in [-0.05, 0) is 24.6 Å². The van der Waals surface area contributed by atoms with Gasteiger partial charge in [0.05, 0.1) is 27.4 Å². The molecule has 1 fully saturated rings. The lowest BCUT2D eigenvalue weighted by atomic mass is 9.66. The fourth-order valence-corrected chi connectivity index (χ4v) is 4.48. The molecule has 7 heteroatoms. The van der Waals surface area contributed by atoms with Gasteiger partial charge in [0, 0.05) is 36.5 Å². The summed E-state index contributed by atoms with van der Waals surface area (Å²) in [7, 11) is 6.17. The van der Waals surface area contributed by atoms with Crippen molar-refractivity contribution in [2.45, 2.75) is 24.1 Å². The van der Waals surface area contributed by atoms with Crippen LogP contribution in [0.3, 0.4) is 0 Å². The molecule has 7 nitrogen and oxygen atoms in total. The van der Waals surface area contributed by atoms with Gasteiger partial charge in [-0.1, -0.05) is 30.3 Å². The van der Waals surface area contributed by atoms with Gasteiger partial charge in [0.2, 0.25) is 5.79 Å². The van der Waals surface area contributed by atoms with Crippen LogP contribution in [-0.4, -0.2) is 46.8 Å². The number of fused-ring (bicyclic) bond motifs is 1. The monoisotopic (exact) mass is 428 g/mol. The van der Waals surface area contributed by atoms with Crippen LogP contribution in [0.5, 0.6) is 11.5 Å². The Bertz CT molecular complexity index is 960. The Morgan fingerprint density at radius 2 is 1.58 bits per heavy atom. The van der Waals surface area contributed by atoms with Crippen LogP contribution < -0.4 is 9.47 Å². The Balaban J connectivity index is 1.82. The molecule has 2 aromatic carbocycles. The smallest absolute Gasteiger partial charge is 0.233 e. The van der Waals surface area contributed by atoms with Gasteiger partial charge < -0.3 is 33.5 Å². The van der Waals surface area contributed by atoms with Crippen LogP contribution in [0.25, 0.3) is 6.08 Å². The molecule has 0 bridgehead atoms. The third kappa shape index (κ3) is 3.24. The van der Waals surface area contributed by atoms with E-state index >= 15 is 0 Å². The van der Waals surface area contributed by atoms with E-state index in [1.165, 1.54) is 14.2 Å². The quantitative estimate of drug-likeness (QED) is 0.677. The van der Waals surface area contributed by atoms with Gasteiger partial charge in [0.25, 0.3) is 0 Å². The number of methoxy groups -OCH3 is 4. The first-order valence-corrected chi connectivity index (χ1v) is 10.2. The Labute approximate surface area is 182 Å². The molecule has 4 rings (SSSR count). The number of hydrogen-bond acceptors (Lipinski definition) is 7. The molecule has 31 heavy (non-hydrogen) atoms. The molecule has 1 aliphatic heterocycles. The summed E-state index contributed by atoms with van der Waals surface area (Å²) in [5, 5.41) is 11.8. The zero-order chi connectivity index (χ0) is 22.1. The third-order valence-corrected chi connectivity index (χ3v) is 5.95. The standard InChI is InChI=1S/C24H28O7/c1-26-19-10-5-8-17(22-30-14-7-15-31-22)16(19)12-13-23(25)21-18(24(23,28-3)29-4)9-6-11-20(21)27-2/h5-6,8-13,22,25H,7,14-15H2,1-4H3/b13-12+. The van der Waals surface area contributed by atoms with Gasteiger partial charge in [-0.3, -0.25) is 0 Å². The Kier molecular flexibility index (Phi) is 6.05. The summed E-state index contributed by atoms with van der Waals surface area (Å²) in [6, 6.07) is 11.2. The topological polar surface area (TPSA) is 75.6 Å². The maximum atomic E-state index is 11.8. The van der Waals surface area contributed by atoms with Gasteiger partial charge in [-0.15, -0.1) is 0 Å². The van der Waals surface area contributed by atoms with Gasteiger partial charge in [-0.2, -0.15) is 0 Å². The zero-order valence-electron chi connectivity index (χ0n) is 18.2. The second-order valence-electron chi connectivity index (χ2n) is 7.40. The van der Waals surface area contributed by atoms with Crippen molar-refractivity contribution < 1.29 is 33.5 Å². The Morgan fingerprint density at radius 3 is 2.23 bits per heavy atom. The molecule has 0 radical (unpaired) electrons. The van der Waals surface area contributed by atoms with Crippen molar-refractivity contribution in [3.05, 3.63) is 64.7 Å². The first kappa shape index (κ1) is 21.8. The molecular weight excluding hydrogens is 400 g/mol. The van der Waals surface area contributed by atoms with Crippen LogP contribution in [0, 0.1) is 0 Å². The van der Waals surface area contributed by atoms with Crippen LogP contribution in [0.15, 0.2) is 42.5 Å². The van der Waals surface area contributed by atoms with Crippen molar-refractivity contribution in [2.75, 3.05) is 41.7 Å². The molecule has 1 N–H and O–H groups in total. The van der Waals surface area contributed by atoms with Crippen LogP contribution in [0.2, 0.25) is 0 Å². The average molecular weight is 428 g/mol. The average Bonchev–Trinajstić information content (AvgIpc) is 2.83. The van der Waals surface area contributed by atoms with E-state index < -0.39 is 17.7 Å². The Hall–Kier alpha value is -2.42. The highest BCUT2D eigenvalue weighted by molar-refractivity contribution is 5.67. The SMILES string of the molecule is COc1cccc(C2OCCCO2)c1/C=C/C1(O)c2c(OC)cccc2C1(OC)OC. The third-order valence-electron chi connectivity index (χ3n) is 5.95. The van der Waals surface area contributed by atoms with E-state index in [1.807, 2.05) is 30.3 Å². The van der Waals surface area contributed by atoms with Crippen molar-refractivity contribution >= 4 is 6.08 Å². The minimum Gasteiger partial charge on any atom is -0.496 e. The predicted molar refractivity (Wildman–Crippen MR) is 114 cm³/mol. The molecule has 0 aromatic heterocycles. The minimum absolute atomic E-state index is 0.504. The number of hydrogen-bond donors (Lipinski definition) is 1. The Morgan fingerprint density at radius 1 is 0.935 bits per heavy atom. The number of aliphatic hydroxyl groups is 1. The van der Waals surface area contributed by atoms with E-state index in [0.717, 1.165) is 17.5 Å². The zero-order valence-corrected chi connectivity index (χ0v) is 18.2. The van der Waals surface area contributed by atoms with Crippen molar-refractivity contribution in [3.63, 3.8) is 0 Å². The summed E-state index contributed by atoms with van der Waals surface area (Å²) in [4.78, 5) is 0. The molecule has 0 amide bonds. The molecule has 1 saturated heterocycles. The first-order valence-electron chi connectivity index (χ1n) is 10.2. The molecule has 2 aliphatic rings. The molecule has 0 saturated carbocycles. The highest BCUT2D eigenvalue weighted by atomic mass is 16.7. The predicted octanol–water partition coefficient (Wildman–Crippen LogP) is 3.50. The van der Waals surface area contributed by atoms with E-state index in [4.69, 9.17) is 28.4 Å². The van der Waals surface area contributed by atoms with E-state index in [0.29, 0.717) is 35.8 Å². The number of ether oxygens (including phenoxy) is 6. The largest absolute Gasteiger partial charge is 0.496 e. The fourth-order valence-electron chi connectivity index (χ4n) is 4.48. The molecule has 2 aromatic rings. The number of rotatable bonds is 7. The second kappa shape index (κ2) is 8.61. The van der Waals surface area contributed by atoms with E-state index in [2.05, 4.69) is 0 Å². The summed E-state index contributed by atoms with van der Waals surface area (Å²) in [6.07, 6.45) is 3.79. The normalized spacial score (nSPS) is 22.7.